The number of nitrogens with zero attached hydrogens (tertiary/aromatic N) is 1. The lowest BCUT2D eigenvalue weighted by Gasteiger charge is -2.08. The minimum Gasteiger partial charge on any atom is -0.484 e. The Balaban J connectivity index is 1.88. The SMILES string of the molecule is N#Cc1ccc(OCC(=O)Nc2cccc(CO)c2)cc1. The van der Waals surface area contributed by atoms with E-state index in [0.29, 0.717) is 17.0 Å². The topological polar surface area (TPSA) is 82.3 Å². The van der Waals surface area contributed by atoms with Crippen LogP contribution in [0.2, 0.25) is 0 Å². The number of hydrogen-bond acceptors (Lipinski definition) is 4. The molecule has 1 amide bonds. The molecule has 2 aromatic carbocycles. The van der Waals surface area contributed by atoms with Gasteiger partial charge < -0.3 is 15.2 Å². The Hall–Kier alpha value is -2.84. The largest absolute Gasteiger partial charge is 0.484 e. The molecule has 0 saturated carbocycles. The molecule has 0 saturated heterocycles. The van der Waals surface area contributed by atoms with Gasteiger partial charge in [-0.25, -0.2) is 0 Å². The molecule has 2 rings (SSSR count). The van der Waals surface area contributed by atoms with Crippen molar-refractivity contribution in [3.63, 3.8) is 0 Å². The van der Waals surface area contributed by atoms with Crippen LogP contribution in [-0.4, -0.2) is 17.6 Å². The van der Waals surface area contributed by atoms with Gasteiger partial charge in [-0.05, 0) is 42.0 Å². The molecule has 0 aliphatic heterocycles. The maximum absolute atomic E-state index is 11.8. The third-order valence-corrected chi connectivity index (χ3v) is 2.75. The zero-order valence-electron chi connectivity index (χ0n) is 11.2. The molecule has 0 bridgehead atoms. The van der Waals surface area contributed by atoms with E-state index in [0.717, 1.165) is 5.56 Å². The Kier molecular flexibility index (Phi) is 4.91. The first-order valence-electron chi connectivity index (χ1n) is 6.34. The predicted octanol–water partition coefficient (Wildman–Crippen LogP) is 2.07. The van der Waals surface area contributed by atoms with Crippen LogP contribution in [0.15, 0.2) is 48.5 Å². The maximum Gasteiger partial charge on any atom is 0.262 e. The second kappa shape index (κ2) is 7.08. The van der Waals surface area contributed by atoms with Gasteiger partial charge in [0.05, 0.1) is 18.2 Å². The number of amides is 1. The number of carbonyl (C=O) groups is 1. The molecular weight excluding hydrogens is 268 g/mol. The molecule has 0 aliphatic carbocycles. The van der Waals surface area contributed by atoms with Gasteiger partial charge in [-0.2, -0.15) is 5.26 Å². The summed E-state index contributed by atoms with van der Waals surface area (Å²) in [6.07, 6.45) is 0. The van der Waals surface area contributed by atoms with E-state index in [4.69, 9.17) is 15.1 Å². The first-order chi connectivity index (χ1) is 10.2. The molecule has 5 nitrogen and oxygen atoms in total. The number of anilines is 1. The summed E-state index contributed by atoms with van der Waals surface area (Å²) in [5, 5.41) is 20.4. The smallest absolute Gasteiger partial charge is 0.262 e. The van der Waals surface area contributed by atoms with Crippen LogP contribution in [0.3, 0.4) is 0 Å². The highest BCUT2D eigenvalue weighted by Gasteiger charge is 2.04. The number of nitriles is 1. The van der Waals surface area contributed by atoms with Gasteiger partial charge >= 0.3 is 0 Å². The number of ether oxygens (including phenoxy) is 1. The van der Waals surface area contributed by atoms with Crippen LogP contribution in [0.4, 0.5) is 5.69 Å². The van der Waals surface area contributed by atoms with Crippen LogP contribution in [0.25, 0.3) is 0 Å². The van der Waals surface area contributed by atoms with E-state index in [9.17, 15) is 4.79 Å². The van der Waals surface area contributed by atoms with E-state index >= 15 is 0 Å². The highest BCUT2D eigenvalue weighted by molar-refractivity contribution is 5.91. The zero-order chi connectivity index (χ0) is 15.1. The van der Waals surface area contributed by atoms with Crippen molar-refractivity contribution in [3.05, 3.63) is 59.7 Å². The Morgan fingerprint density at radius 2 is 2.00 bits per heavy atom. The Morgan fingerprint density at radius 1 is 1.24 bits per heavy atom. The number of aliphatic hydroxyl groups is 1. The summed E-state index contributed by atoms with van der Waals surface area (Å²) < 4.78 is 5.33. The third-order valence-electron chi connectivity index (χ3n) is 2.75. The standard InChI is InChI=1S/C16H14N2O3/c17-9-12-4-6-15(7-5-12)21-11-16(20)18-14-3-1-2-13(8-14)10-19/h1-8,19H,10-11H2,(H,18,20). The van der Waals surface area contributed by atoms with Crippen molar-refractivity contribution in [2.24, 2.45) is 0 Å². The van der Waals surface area contributed by atoms with Gasteiger partial charge in [-0.15, -0.1) is 0 Å². The lowest BCUT2D eigenvalue weighted by molar-refractivity contribution is -0.118. The highest BCUT2D eigenvalue weighted by atomic mass is 16.5. The molecule has 2 N–H and O–H groups in total. The minimum atomic E-state index is -0.297. The van der Waals surface area contributed by atoms with E-state index in [1.54, 1.807) is 48.5 Å². The summed E-state index contributed by atoms with van der Waals surface area (Å²) in [7, 11) is 0. The molecule has 0 spiro atoms. The van der Waals surface area contributed by atoms with E-state index in [1.165, 1.54) is 0 Å². The number of aliphatic hydroxyl groups excluding tert-OH is 1. The van der Waals surface area contributed by atoms with Gasteiger partial charge in [0, 0.05) is 5.69 Å². The van der Waals surface area contributed by atoms with E-state index < -0.39 is 0 Å². The van der Waals surface area contributed by atoms with Crippen LogP contribution >= 0.6 is 0 Å². The molecule has 0 fully saturated rings. The maximum atomic E-state index is 11.8. The number of rotatable bonds is 5. The van der Waals surface area contributed by atoms with Gasteiger partial charge in [-0.1, -0.05) is 12.1 Å². The van der Waals surface area contributed by atoms with Crippen LogP contribution in [0.1, 0.15) is 11.1 Å². The van der Waals surface area contributed by atoms with E-state index in [1.807, 2.05) is 6.07 Å². The van der Waals surface area contributed by atoms with Crippen molar-refractivity contribution in [2.45, 2.75) is 6.61 Å². The fourth-order valence-electron chi connectivity index (χ4n) is 1.72. The first kappa shape index (κ1) is 14.6. The van der Waals surface area contributed by atoms with Crippen LogP contribution in [0.5, 0.6) is 5.75 Å². The predicted molar refractivity (Wildman–Crippen MR) is 77.6 cm³/mol. The summed E-state index contributed by atoms with van der Waals surface area (Å²) in [5.41, 5.74) is 1.86. The quantitative estimate of drug-likeness (QED) is 0.879. The fourth-order valence-corrected chi connectivity index (χ4v) is 1.72. The minimum absolute atomic E-state index is 0.0779. The summed E-state index contributed by atoms with van der Waals surface area (Å²) in [6, 6.07) is 15.5. The molecule has 0 radical (unpaired) electrons. The summed E-state index contributed by atoms with van der Waals surface area (Å²) in [6.45, 7) is -0.208. The molecule has 2 aromatic rings. The van der Waals surface area contributed by atoms with E-state index in [2.05, 4.69) is 5.32 Å². The Labute approximate surface area is 122 Å². The number of benzene rings is 2. The Bertz CT molecular complexity index is 660. The van der Waals surface area contributed by atoms with Gasteiger partial charge in [0.15, 0.2) is 6.61 Å². The lowest BCUT2D eigenvalue weighted by atomic mass is 10.2. The Morgan fingerprint density at radius 3 is 2.67 bits per heavy atom. The van der Waals surface area contributed by atoms with Gasteiger partial charge in [0.25, 0.3) is 5.91 Å². The average molecular weight is 282 g/mol. The van der Waals surface area contributed by atoms with Crippen molar-refractivity contribution < 1.29 is 14.6 Å². The van der Waals surface area contributed by atoms with Crippen molar-refractivity contribution in [1.29, 1.82) is 5.26 Å². The van der Waals surface area contributed by atoms with Crippen molar-refractivity contribution >= 4 is 11.6 Å². The van der Waals surface area contributed by atoms with Crippen LogP contribution in [0, 0.1) is 11.3 Å². The number of nitrogens with one attached hydrogen (secondary N) is 1. The van der Waals surface area contributed by atoms with Gasteiger partial charge in [-0.3, -0.25) is 4.79 Å². The van der Waals surface area contributed by atoms with Crippen molar-refractivity contribution in [1.82, 2.24) is 0 Å². The monoisotopic (exact) mass is 282 g/mol. The summed E-state index contributed by atoms with van der Waals surface area (Å²) >= 11 is 0. The highest BCUT2D eigenvalue weighted by Crippen LogP contribution is 2.13. The molecule has 0 unspecified atom stereocenters. The fraction of sp³-hybridized carbons (Fsp3) is 0.125. The molecule has 0 heterocycles. The molecule has 0 atom stereocenters. The lowest BCUT2D eigenvalue weighted by Crippen LogP contribution is -2.20. The molecule has 0 aromatic heterocycles. The zero-order valence-corrected chi connectivity index (χ0v) is 11.2. The number of hydrogen-bond donors (Lipinski definition) is 2. The molecular formula is C16H14N2O3. The van der Waals surface area contributed by atoms with Crippen molar-refractivity contribution in [3.8, 4) is 11.8 Å². The average Bonchev–Trinajstić information content (AvgIpc) is 2.53. The van der Waals surface area contributed by atoms with Crippen LogP contribution in [-0.2, 0) is 11.4 Å². The van der Waals surface area contributed by atoms with Gasteiger partial charge in [0.1, 0.15) is 5.75 Å². The normalized spacial score (nSPS) is 9.71. The first-order valence-corrected chi connectivity index (χ1v) is 6.34. The second-order valence-electron chi connectivity index (χ2n) is 4.33. The molecule has 106 valence electrons. The van der Waals surface area contributed by atoms with Crippen molar-refractivity contribution in [2.75, 3.05) is 11.9 Å². The molecule has 5 heteroatoms. The second-order valence-corrected chi connectivity index (χ2v) is 4.33. The summed E-state index contributed by atoms with van der Waals surface area (Å²) in [5.74, 6) is 0.225. The van der Waals surface area contributed by atoms with Gasteiger partial charge in [0.2, 0.25) is 0 Å². The summed E-state index contributed by atoms with van der Waals surface area (Å²) in [4.78, 5) is 11.8. The third kappa shape index (κ3) is 4.34. The molecule has 0 aliphatic rings. The molecule has 21 heavy (non-hydrogen) atoms. The van der Waals surface area contributed by atoms with Crippen LogP contribution < -0.4 is 10.1 Å². The number of carbonyl (C=O) groups excluding carboxylic acids is 1. The van der Waals surface area contributed by atoms with E-state index in [-0.39, 0.29) is 19.1 Å².